The fraction of sp³-hybridized carbons (Fsp3) is 0.650. The summed E-state index contributed by atoms with van der Waals surface area (Å²) in [5.41, 5.74) is -0.389. The summed E-state index contributed by atoms with van der Waals surface area (Å²) in [7, 11) is 1.66. The van der Waals surface area contributed by atoms with Crippen molar-refractivity contribution in [3.05, 3.63) is 24.3 Å². The Hall–Kier alpha value is -1.75. The highest BCUT2D eigenvalue weighted by molar-refractivity contribution is 5.85. The van der Waals surface area contributed by atoms with Crippen LogP contribution in [0.2, 0.25) is 0 Å². The van der Waals surface area contributed by atoms with Gasteiger partial charge in [-0.15, -0.1) is 0 Å². The minimum Gasteiger partial charge on any atom is -0.497 e. The van der Waals surface area contributed by atoms with E-state index in [-0.39, 0.29) is 17.6 Å². The molecule has 0 saturated carbocycles. The monoisotopic (exact) mass is 346 g/mol. The lowest BCUT2D eigenvalue weighted by molar-refractivity contribution is -0.144. The lowest BCUT2D eigenvalue weighted by Crippen LogP contribution is -2.57. The zero-order valence-corrected chi connectivity index (χ0v) is 15.7. The van der Waals surface area contributed by atoms with E-state index >= 15 is 0 Å². The Kier molecular flexibility index (Phi) is 5.52. The van der Waals surface area contributed by atoms with Gasteiger partial charge in [0.05, 0.1) is 12.6 Å². The van der Waals surface area contributed by atoms with Crippen molar-refractivity contribution < 1.29 is 14.3 Å². The maximum atomic E-state index is 13.0. The van der Waals surface area contributed by atoms with Gasteiger partial charge in [0.25, 0.3) is 0 Å². The second-order valence-corrected chi connectivity index (χ2v) is 7.54. The van der Waals surface area contributed by atoms with Gasteiger partial charge < -0.3 is 14.4 Å². The summed E-state index contributed by atoms with van der Waals surface area (Å²) >= 11 is 0. The van der Waals surface area contributed by atoms with Crippen molar-refractivity contribution in [1.82, 2.24) is 9.80 Å². The molecule has 5 heteroatoms. The first-order valence-corrected chi connectivity index (χ1v) is 9.36. The van der Waals surface area contributed by atoms with Crippen molar-refractivity contribution in [2.24, 2.45) is 0 Å². The van der Waals surface area contributed by atoms with Gasteiger partial charge in [-0.05, 0) is 64.0 Å². The van der Waals surface area contributed by atoms with Gasteiger partial charge in [-0.1, -0.05) is 0 Å². The molecule has 5 nitrogen and oxygen atoms in total. The first-order valence-electron chi connectivity index (χ1n) is 9.36. The molecule has 0 aromatic heterocycles. The quantitative estimate of drug-likeness (QED) is 0.822. The minimum absolute atomic E-state index is 0.173. The van der Waals surface area contributed by atoms with Crippen LogP contribution in [0.5, 0.6) is 11.5 Å². The molecule has 0 N–H and O–H groups in total. The average molecular weight is 346 g/mol. The highest BCUT2D eigenvalue weighted by Crippen LogP contribution is 2.26. The Balaban J connectivity index is 1.51. The van der Waals surface area contributed by atoms with Gasteiger partial charge in [0.2, 0.25) is 5.91 Å². The third-order valence-corrected chi connectivity index (χ3v) is 5.51. The van der Waals surface area contributed by atoms with Crippen molar-refractivity contribution in [2.75, 3.05) is 33.3 Å². The minimum atomic E-state index is -0.389. The molecule has 1 aromatic carbocycles. The summed E-state index contributed by atoms with van der Waals surface area (Å²) in [5, 5.41) is 0. The maximum absolute atomic E-state index is 13.0. The van der Waals surface area contributed by atoms with E-state index in [4.69, 9.17) is 9.47 Å². The lowest BCUT2D eigenvalue weighted by Gasteiger charge is -2.41. The van der Waals surface area contributed by atoms with Crippen molar-refractivity contribution in [3.63, 3.8) is 0 Å². The fourth-order valence-corrected chi connectivity index (χ4v) is 3.82. The molecular formula is C20H30N2O3. The topological polar surface area (TPSA) is 42.0 Å². The molecule has 0 aliphatic carbocycles. The van der Waals surface area contributed by atoms with E-state index in [1.54, 1.807) is 7.11 Å². The SMILES string of the molecule is COc1ccc(OC2CCN(C(=O)C(C)(C)N3CCCC3)CC2)cc1. The molecule has 0 spiro atoms. The number of rotatable bonds is 5. The van der Waals surface area contributed by atoms with Crippen LogP contribution in [0.1, 0.15) is 39.5 Å². The maximum Gasteiger partial charge on any atom is 0.242 e. The van der Waals surface area contributed by atoms with Crippen LogP contribution in [0, 0.1) is 0 Å². The number of methoxy groups -OCH3 is 1. The molecule has 138 valence electrons. The number of amides is 1. The number of nitrogens with zero attached hydrogens (tertiary/aromatic N) is 2. The molecular weight excluding hydrogens is 316 g/mol. The summed E-state index contributed by atoms with van der Waals surface area (Å²) in [6, 6.07) is 7.69. The number of benzene rings is 1. The third-order valence-electron chi connectivity index (χ3n) is 5.51. The first kappa shape index (κ1) is 18.1. The number of likely N-dealkylation sites (tertiary alicyclic amines) is 2. The number of carbonyl (C=O) groups excluding carboxylic acids is 1. The van der Waals surface area contributed by atoms with E-state index in [1.165, 1.54) is 12.8 Å². The highest BCUT2D eigenvalue weighted by atomic mass is 16.5. The Morgan fingerprint density at radius 1 is 1.00 bits per heavy atom. The second-order valence-electron chi connectivity index (χ2n) is 7.54. The summed E-state index contributed by atoms with van der Waals surface area (Å²) < 4.78 is 11.2. The van der Waals surface area contributed by atoms with Crippen LogP contribution in [-0.2, 0) is 4.79 Å². The molecule has 0 atom stereocenters. The summed E-state index contributed by atoms with van der Waals surface area (Å²) in [4.78, 5) is 17.3. The smallest absolute Gasteiger partial charge is 0.242 e. The van der Waals surface area contributed by atoms with E-state index in [2.05, 4.69) is 18.7 Å². The first-order chi connectivity index (χ1) is 12.0. The predicted molar refractivity (Wildman–Crippen MR) is 98.1 cm³/mol. The number of hydrogen-bond donors (Lipinski definition) is 0. The van der Waals surface area contributed by atoms with Crippen LogP contribution < -0.4 is 9.47 Å². The van der Waals surface area contributed by atoms with Crippen LogP contribution in [-0.4, -0.2) is 60.6 Å². The fourth-order valence-electron chi connectivity index (χ4n) is 3.82. The number of carbonyl (C=O) groups is 1. The van der Waals surface area contributed by atoms with Crippen LogP contribution in [0.3, 0.4) is 0 Å². The van der Waals surface area contributed by atoms with Crippen molar-refractivity contribution in [2.45, 2.75) is 51.2 Å². The van der Waals surface area contributed by atoms with Crippen molar-refractivity contribution in [3.8, 4) is 11.5 Å². The normalized spacial score (nSPS) is 19.9. The van der Waals surface area contributed by atoms with Gasteiger partial charge in [-0.2, -0.15) is 0 Å². The zero-order valence-electron chi connectivity index (χ0n) is 15.7. The van der Waals surface area contributed by atoms with E-state index < -0.39 is 0 Å². The second kappa shape index (κ2) is 7.65. The van der Waals surface area contributed by atoms with Crippen molar-refractivity contribution in [1.29, 1.82) is 0 Å². The van der Waals surface area contributed by atoms with Crippen LogP contribution >= 0.6 is 0 Å². The number of ether oxygens (including phenoxy) is 2. The van der Waals surface area contributed by atoms with Gasteiger partial charge in [-0.25, -0.2) is 0 Å². The summed E-state index contributed by atoms with van der Waals surface area (Å²) in [6.07, 6.45) is 4.34. The Morgan fingerprint density at radius 3 is 2.12 bits per heavy atom. The van der Waals surface area contributed by atoms with E-state index in [1.807, 2.05) is 29.2 Å². The van der Waals surface area contributed by atoms with Gasteiger partial charge >= 0.3 is 0 Å². The largest absolute Gasteiger partial charge is 0.497 e. The summed E-state index contributed by atoms with van der Waals surface area (Å²) in [6.45, 7) is 7.76. The molecule has 0 unspecified atom stereocenters. The van der Waals surface area contributed by atoms with E-state index in [9.17, 15) is 4.79 Å². The Labute approximate surface area is 150 Å². The Morgan fingerprint density at radius 2 is 1.56 bits per heavy atom. The molecule has 2 fully saturated rings. The molecule has 25 heavy (non-hydrogen) atoms. The standard InChI is InChI=1S/C20H30N2O3/c1-20(2,22-12-4-5-13-22)19(23)21-14-10-18(11-15-21)25-17-8-6-16(24-3)7-9-17/h6-9,18H,4-5,10-15H2,1-3H3. The molecule has 1 amide bonds. The highest BCUT2D eigenvalue weighted by Gasteiger charge is 2.39. The molecule has 2 saturated heterocycles. The lowest BCUT2D eigenvalue weighted by atomic mass is 9.98. The molecule has 0 bridgehead atoms. The van der Waals surface area contributed by atoms with Gasteiger partial charge in [0, 0.05) is 25.9 Å². The predicted octanol–water partition coefficient (Wildman–Crippen LogP) is 2.94. The zero-order chi connectivity index (χ0) is 17.9. The van der Waals surface area contributed by atoms with Gasteiger partial charge in [-0.3, -0.25) is 9.69 Å². The van der Waals surface area contributed by atoms with E-state index in [0.717, 1.165) is 50.5 Å². The number of hydrogen-bond acceptors (Lipinski definition) is 4. The van der Waals surface area contributed by atoms with Crippen LogP contribution in [0.15, 0.2) is 24.3 Å². The summed E-state index contributed by atoms with van der Waals surface area (Å²) in [5.74, 6) is 1.96. The molecule has 0 radical (unpaired) electrons. The Bertz CT molecular complexity index is 571. The van der Waals surface area contributed by atoms with Crippen LogP contribution in [0.25, 0.3) is 0 Å². The third kappa shape index (κ3) is 4.09. The average Bonchev–Trinajstić information content (AvgIpc) is 3.18. The van der Waals surface area contributed by atoms with Gasteiger partial charge in [0.1, 0.15) is 17.6 Å². The van der Waals surface area contributed by atoms with Gasteiger partial charge in [0.15, 0.2) is 0 Å². The molecule has 2 aliphatic heterocycles. The van der Waals surface area contributed by atoms with Crippen LogP contribution in [0.4, 0.5) is 0 Å². The molecule has 2 heterocycles. The molecule has 1 aromatic rings. The molecule has 3 rings (SSSR count). The molecule has 2 aliphatic rings. The number of piperidine rings is 1. The van der Waals surface area contributed by atoms with E-state index in [0.29, 0.717) is 0 Å². The van der Waals surface area contributed by atoms with Crippen molar-refractivity contribution >= 4 is 5.91 Å².